The smallest absolute Gasteiger partial charge is 0.254 e. The van der Waals surface area contributed by atoms with E-state index in [1.165, 1.54) is 0 Å². The van der Waals surface area contributed by atoms with E-state index in [2.05, 4.69) is 11.1 Å². The van der Waals surface area contributed by atoms with Gasteiger partial charge in [0.05, 0.1) is 7.11 Å². The third kappa shape index (κ3) is 5.77. The first-order valence-corrected chi connectivity index (χ1v) is 12.3. The summed E-state index contributed by atoms with van der Waals surface area (Å²) < 4.78 is 5.54. The highest BCUT2D eigenvalue weighted by Gasteiger charge is 2.25. The molecule has 0 unspecified atom stereocenters. The second-order valence-corrected chi connectivity index (χ2v) is 9.13. The van der Waals surface area contributed by atoms with Gasteiger partial charge >= 0.3 is 0 Å². The Kier molecular flexibility index (Phi) is 8.06. The molecule has 6 heteroatoms. The molecule has 1 aromatic heterocycles. The second-order valence-electron chi connectivity index (χ2n) is 9.13. The Hall–Kier alpha value is -4.06. The van der Waals surface area contributed by atoms with Gasteiger partial charge in [-0.05, 0) is 50.1 Å². The Morgan fingerprint density at radius 3 is 2.33 bits per heavy atom. The first-order chi connectivity index (χ1) is 17.5. The Labute approximate surface area is 212 Å². The van der Waals surface area contributed by atoms with Gasteiger partial charge < -0.3 is 19.5 Å². The molecule has 0 spiro atoms. The molecule has 36 heavy (non-hydrogen) atoms. The van der Waals surface area contributed by atoms with Gasteiger partial charge in [-0.3, -0.25) is 9.59 Å². The first-order valence-electron chi connectivity index (χ1n) is 12.3. The van der Waals surface area contributed by atoms with Crippen molar-refractivity contribution in [2.75, 3.05) is 20.2 Å². The third-order valence-electron chi connectivity index (χ3n) is 6.44. The molecule has 4 rings (SSSR count). The molecule has 0 aliphatic rings. The number of fused-ring (bicyclic) bond motifs is 1. The van der Waals surface area contributed by atoms with Crippen molar-refractivity contribution in [2.24, 2.45) is 0 Å². The summed E-state index contributed by atoms with van der Waals surface area (Å²) in [6.07, 6.45) is 2.70. The summed E-state index contributed by atoms with van der Waals surface area (Å²) in [5.41, 5.74) is 3.74. The van der Waals surface area contributed by atoms with E-state index in [-0.39, 0.29) is 24.4 Å². The van der Waals surface area contributed by atoms with Crippen LogP contribution in [0.2, 0.25) is 0 Å². The maximum atomic E-state index is 13.7. The predicted molar refractivity (Wildman–Crippen MR) is 143 cm³/mol. The highest BCUT2D eigenvalue weighted by molar-refractivity contribution is 5.96. The van der Waals surface area contributed by atoms with Gasteiger partial charge in [-0.25, -0.2) is 0 Å². The maximum absolute atomic E-state index is 13.7. The number of methoxy groups -OCH3 is 1. The largest absolute Gasteiger partial charge is 0.496 e. The standard InChI is InChI=1S/C30H33N3O3/c1-22(2)33(30(35)23-11-5-4-6-12-23)21-29(34)32(20-25-13-7-10-16-28(25)36-3)18-17-24-19-31-27-15-9-8-14-26(24)27/h4-16,19,22,31H,17-18,20-21H2,1-3H3. The molecule has 0 bridgehead atoms. The summed E-state index contributed by atoms with van der Waals surface area (Å²) >= 11 is 0. The van der Waals surface area contributed by atoms with Crippen LogP contribution in [0.5, 0.6) is 5.75 Å². The first kappa shape index (κ1) is 25.0. The predicted octanol–water partition coefficient (Wildman–Crippen LogP) is 5.30. The molecular weight excluding hydrogens is 450 g/mol. The minimum absolute atomic E-state index is 0.00836. The topological polar surface area (TPSA) is 65.6 Å². The van der Waals surface area contributed by atoms with E-state index in [0.29, 0.717) is 25.1 Å². The summed E-state index contributed by atoms with van der Waals surface area (Å²) in [6.45, 7) is 4.80. The zero-order chi connectivity index (χ0) is 25.5. The molecule has 186 valence electrons. The fourth-order valence-electron chi connectivity index (χ4n) is 4.41. The Morgan fingerprint density at radius 2 is 1.58 bits per heavy atom. The lowest BCUT2D eigenvalue weighted by Gasteiger charge is -2.30. The van der Waals surface area contributed by atoms with Gasteiger partial charge in [0.2, 0.25) is 5.91 Å². The van der Waals surface area contributed by atoms with Crippen molar-refractivity contribution >= 4 is 22.7 Å². The van der Waals surface area contributed by atoms with Crippen LogP contribution in [-0.2, 0) is 17.8 Å². The highest BCUT2D eigenvalue weighted by atomic mass is 16.5. The maximum Gasteiger partial charge on any atom is 0.254 e. The van der Waals surface area contributed by atoms with Crippen molar-refractivity contribution in [1.82, 2.24) is 14.8 Å². The van der Waals surface area contributed by atoms with Crippen molar-refractivity contribution in [3.05, 3.63) is 102 Å². The minimum atomic E-state index is -0.146. The summed E-state index contributed by atoms with van der Waals surface area (Å²) in [5, 5.41) is 1.16. The molecule has 0 radical (unpaired) electrons. The number of hydrogen-bond acceptors (Lipinski definition) is 3. The molecule has 0 saturated heterocycles. The van der Waals surface area contributed by atoms with Crippen LogP contribution in [0.1, 0.15) is 35.3 Å². The fourth-order valence-corrected chi connectivity index (χ4v) is 4.41. The number of benzene rings is 3. The summed E-state index contributed by atoms with van der Waals surface area (Å²) in [7, 11) is 1.63. The van der Waals surface area contributed by atoms with Crippen LogP contribution < -0.4 is 4.74 Å². The SMILES string of the molecule is COc1ccccc1CN(CCc1c[nH]c2ccccc12)C(=O)CN(C(=O)c1ccccc1)C(C)C. The second kappa shape index (κ2) is 11.6. The summed E-state index contributed by atoms with van der Waals surface area (Å²) in [4.78, 5) is 33.7. The minimum Gasteiger partial charge on any atom is -0.496 e. The monoisotopic (exact) mass is 483 g/mol. The van der Waals surface area contributed by atoms with Crippen LogP contribution >= 0.6 is 0 Å². The number of carbonyl (C=O) groups is 2. The van der Waals surface area contributed by atoms with Crippen LogP contribution in [0.4, 0.5) is 0 Å². The van der Waals surface area contributed by atoms with Crippen molar-refractivity contribution in [2.45, 2.75) is 32.9 Å². The summed E-state index contributed by atoms with van der Waals surface area (Å²) in [5.74, 6) is 0.495. The molecule has 4 aromatic rings. The average molecular weight is 484 g/mol. The normalized spacial score (nSPS) is 11.0. The van der Waals surface area contributed by atoms with Crippen LogP contribution in [0, 0.1) is 0 Å². The summed E-state index contributed by atoms with van der Waals surface area (Å²) in [6, 6.07) is 24.9. The van der Waals surface area contributed by atoms with Gasteiger partial charge in [0, 0.05) is 47.4 Å². The van der Waals surface area contributed by atoms with E-state index < -0.39 is 0 Å². The average Bonchev–Trinajstić information content (AvgIpc) is 3.32. The van der Waals surface area contributed by atoms with E-state index in [1.807, 2.05) is 85.6 Å². The number of amides is 2. The van der Waals surface area contributed by atoms with Gasteiger partial charge in [-0.2, -0.15) is 0 Å². The van der Waals surface area contributed by atoms with Gasteiger partial charge in [-0.15, -0.1) is 0 Å². The lowest BCUT2D eigenvalue weighted by Crippen LogP contribution is -2.46. The lowest BCUT2D eigenvalue weighted by molar-refractivity contribution is -0.132. The van der Waals surface area contributed by atoms with E-state index >= 15 is 0 Å². The van der Waals surface area contributed by atoms with E-state index in [9.17, 15) is 9.59 Å². The van der Waals surface area contributed by atoms with Gasteiger partial charge in [-0.1, -0.05) is 54.6 Å². The van der Waals surface area contributed by atoms with Gasteiger partial charge in [0.25, 0.3) is 5.91 Å². The molecule has 0 atom stereocenters. The molecule has 3 aromatic carbocycles. The molecule has 1 heterocycles. The van der Waals surface area contributed by atoms with E-state index in [4.69, 9.17) is 4.74 Å². The van der Waals surface area contributed by atoms with Crippen LogP contribution in [0.3, 0.4) is 0 Å². The van der Waals surface area contributed by atoms with Gasteiger partial charge in [0.1, 0.15) is 12.3 Å². The van der Waals surface area contributed by atoms with E-state index in [0.717, 1.165) is 27.8 Å². The molecule has 2 amide bonds. The van der Waals surface area contributed by atoms with Crippen molar-refractivity contribution in [3.63, 3.8) is 0 Å². The van der Waals surface area contributed by atoms with E-state index in [1.54, 1.807) is 24.1 Å². The Morgan fingerprint density at radius 1 is 0.889 bits per heavy atom. The van der Waals surface area contributed by atoms with Gasteiger partial charge in [0.15, 0.2) is 0 Å². The van der Waals surface area contributed by atoms with Crippen molar-refractivity contribution in [1.29, 1.82) is 0 Å². The Balaban J connectivity index is 1.57. The number of hydrogen-bond donors (Lipinski definition) is 1. The van der Waals surface area contributed by atoms with Crippen LogP contribution in [0.15, 0.2) is 85.1 Å². The molecule has 0 fully saturated rings. The molecule has 0 aliphatic heterocycles. The van der Waals surface area contributed by atoms with Crippen molar-refractivity contribution in [3.8, 4) is 5.75 Å². The molecule has 6 nitrogen and oxygen atoms in total. The van der Waals surface area contributed by atoms with Crippen LogP contribution in [0.25, 0.3) is 10.9 Å². The number of aromatic nitrogens is 1. The highest BCUT2D eigenvalue weighted by Crippen LogP contribution is 2.22. The Bertz CT molecular complexity index is 1310. The molecular formula is C30H33N3O3. The molecule has 0 aliphatic carbocycles. The number of nitrogens with zero attached hydrogens (tertiary/aromatic N) is 2. The number of ether oxygens (including phenoxy) is 1. The zero-order valence-corrected chi connectivity index (χ0v) is 21.1. The lowest BCUT2D eigenvalue weighted by atomic mass is 10.1. The van der Waals surface area contributed by atoms with Crippen molar-refractivity contribution < 1.29 is 14.3 Å². The quantitative estimate of drug-likeness (QED) is 0.333. The number of rotatable bonds is 10. The zero-order valence-electron chi connectivity index (χ0n) is 21.1. The number of para-hydroxylation sites is 2. The molecule has 1 N–H and O–H groups in total. The number of nitrogens with one attached hydrogen (secondary N) is 1. The number of aromatic amines is 1. The number of H-pyrrole nitrogens is 1. The fraction of sp³-hybridized carbons (Fsp3) is 0.267. The van der Waals surface area contributed by atoms with Crippen LogP contribution in [-0.4, -0.2) is 52.8 Å². The third-order valence-corrected chi connectivity index (χ3v) is 6.44. The molecule has 0 saturated carbocycles. The number of carbonyl (C=O) groups excluding carboxylic acids is 2.